The fourth-order valence-electron chi connectivity index (χ4n) is 3.31. The molecule has 1 aliphatic carbocycles. The largest absolute Gasteiger partial charge is 0.449 e. The van der Waals surface area contributed by atoms with Crippen LogP contribution >= 0.6 is 0 Å². The van der Waals surface area contributed by atoms with Crippen molar-refractivity contribution in [1.29, 1.82) is 0 Å². The van der Waals surface area contributed by atoms with Crippen LogP contribution in [0.4, 0.5) is 4.39 Å². The fourth-order valence-corrected chi connectivity index (χ4v) is 3.31. The van der Waals surface area contributed by atoms with Gasteiger partial charge in [-0.3, -0.25) is 4.79 Å². The molecule has 2 heterocycles. The van der Waals surface area contributed by atoms with Crippen LogP contribution in [0.1, 0.15) is 66.0 Å². The lowest BCUT2D eigenvalue weighted by molar-refractivity contribution is -0.129. The van der Waals surface area contributed by atoms with E-state index in [9.17, 15) is 14.0 Å². The summed E-state index contributed by atoms with van der Waals surface area (Å²) in [6, 6.07) is 7.19. The summed E-state index contributed by atoms with van der Waals surface area (Å²) in [7, 11) is 0. The minimum absolute atomic E-state index is 0.297. The number of aryl methyl sites for hydroxylation is 1. The lowest BCUT2D eigenvalue weighted by Crippen LogP contribution is -2.37. The van der Waals surface area contributed by atoms with Crippen LogP contribution in [0.5, 0.6) is 0 Å². The third-order valence-corrected chi connectivity index (χ3v) is 5.23. The summed E-state index contributed by atoms with van der Waals surface area (Å²) in [6.07, 6.45) is 1.01. The molecule has 3 aromatic rings. The number of nitrogens with zero attached hydrogens (tertiary/aromatic N) is 2. The Balaban J connectivity index is 1.48. The van der Waals surface area contributed by atoms with Crippen LogP contribution in [0.3, 0.4) is 0 Å². The van der Waals surface area contributed by atoms with E-state index in [1.54, 1.807) is 32.0 Å². The van der Waals surface area contributed by atoms with Gasteiger partial charge in [0.2, 0.25) is 0 Å². The van der Waals surface area contributed by atoms with Crippen LogP contribution in [0.25, 0.3) is 11.1 Å². The molecule has 1 fully saturated rings. The van der Waals surface area contributed by atoms with Gasteiger partial charge in [0.1, 0.15) is 5.82 Å². The summed E-state index contributed by atoms with van der Waals surface area (Å²) in [5, 5.41) is 7.17. The number of rotatable bonds is 6. The number of hydrogen-bond acceptors (Lipinski definition) is 6. The van der Waals surface area contributed by atoms with E-state index in [-0.39, 0.29) is 11.9 Å². The summed E-state index contributed by atoms with van der Waals surface area (Å²) in [5.41, 5.74) is 2.65. The lowest BCUT2D eigenvalue weighted by Gasteiger charge is -2.18. The minimum atomic E-state index is -1.02. The predicted octanol–water partition coefficient (Wildman–Crippen LogP) is 3.97. The third-order valence-electron chi connectivity index (χ3n) is 5.23. The van der Waals surface area contributed by atoms with Crippen molar-refractivity contribution < 1.29 is 23.2 Å². The van der Waals surface area contributed by atoms with Crippen LogP contribution in [0.15, 0.2) is 34.9 Å². The average molecular weight is 411 g/mol. The van der Waals surface area contributed by atoms with Crippen molar-refractivity contribution in [1.82, 2.24) is 15.5 Å². The number of carbonyl (C=O) groups excluding carboxylic acids is 2. The van der Waals surface area contributed by atoms with E-state index in [1.807, 2.05) is 0 Å². The average Bonchev–Trinajstić information content (AvgIpc) is 3.51. The number of esters is 1. The van der Waals surface area contributed by atoms with Gasteiger partial charge in [-0.2, -0.15) is 0 Å². The van der Waals surface area contributed by atoms with E-state index in [0.29, 0.717) is 28.3 Å². The lowest BCUT2D eigenvalue weighted by atomic mass is 10.1. The Morgan fingerprint density at radius 1 is 1.23 bits per heavy atom. The molecule has 8 heteroatoms. The molecular formula is C22H22FN3O4. The molecule has 156 valence electrons. The second-order valence-corrected chi connectivity index (χ2v) is 7.65. The molecule has 1 N–H and O–H groups in total. The molecular weight excluding hydrogens is 389 g/mol. The Labute approximate surface area is 172 Å². The molecule has 30 heavy (non-hydrogen) atoms. The molecule has 4 rings (SSSR count). The number of fused-ring (bicyclic) bond motifs is 1. The molecule has 1 aliphatic rings. The number of aromatic nitrogens is 2. The van der Waals surface area contributed by atoms with Crippen LogP contribution in [-0.2, 0) is 9.53 Å². The highest BCUT2D eigenvalue weighted by Crippen LogP contribution is 2.40. The van der Waals surface area contributed by atoms with Crippen LogP contribution in [0.2, 0.25) is 0 Å². The first-order chi connectivity index (χ1) is 14.3. The first kappa shape index (κ1) is 20.0. The predicted molar refractivity (Wildman–Crippen MR) is 106 cm³/mol. The zero-order valence-electron chi connectivity index (χ0n) is 16.9. The van der Waals surface area contributed by atoms with Crippen molar-refractivity contribution in [2.75, 3.05) is 0 Å². The maximum Gasteiger partial charge on any atom is 0.339 e. The summed E-state index contributed by atoms with van der Waals surface area (Å²) < 4.78 is 23.8. The Hall–Kier alpha value is -3.29. The first-order valence-electron chi connectivity index (χ1n) is 9.87. The number of hydrogen-bond donors (Lipinski definition) is 1. The van der Waals surface area contributed by atoms with Gasteiger partial charge in [-0.1, -0.05) is 17.3 Å². The summed E-state index contributed by atoms with van der Waals surface area (Å²) >= 11 is 0. The zero-order valence-corrected chi connectivity index (χ0v) is 16.9. The molecule has 1 amide bonds. The first-order valence-corrected chi connectivity index (χ1v) is 9.87. The molecule has 0 saturated heterocycles. The quantitative estimate of drug-likeness (QED) is 0.617. The molecule has 0 spiro atoms. The number of benzene rings is 1. The van der Waals surface area contributed by atoms with E-state index in [4.69, 9.17) is 9.26 Å². The summed E-state index contributed by atoms with van der Waals surface area (Å²) in [5.74, 6) is -1.12. The number of carbonyl (C=O) groups is 2. The zero-order chi connectivity index (χ0) is 21.4. The summed E-state index contributed by atoms with van der Waals surface area (Å²) in [6.45, 7) is 5.00. The smallest absolute Gasteiger partial charge is 0.339 e. The molecule has 2 aromatic heterocycles. The highest BCUT2D eigenvalue weighted by Gasteiger charge is 2.30. The monoisotopic (exact) mass is 411 g/mol. The Morgan fingerprint density at radius 3 is 2.60 bits per heavy atom. The van der Waals surface area contributed by atoms with Crippen LogP contribution in [-0.4, -0.2) is 28.1 Å². The number of halogens is 1. The third kappa shape index (κ3) is 4.03. The number of nitrogens with one attached hydrogen (secondary N) is 1. The number of amides is 1. The fraction of sp³-hybridized carbons (Fsp3) is 0.364. The number of ether oxygens (including phenoxy) is 1. The van der Waals surface area contributed by atoms with Gasteiger partial charge < -0.3 is 14.6 Å². The molecule has 0 bridgehead atoms. The van der Waals surface area contributed by atoms with E-state index in [1.165, 1.54) is 19.1 Å². The molecule has 0 aliphatic heterocycles. The highest BCUT2D eigenvalue weighted by molar-refractivity contribution is 6.04. The second kappa shape index (κ2) is 7.85. The van der Waals surface area contributed by atoms with Gasteiger partial charge in [0.25, 0.3) is 11.6 Å². The van der Waals surface area contributed by atoms with Gasteiger partial charge in [0.15, 0.2) is 6.10 Å². The van der Waals surface area contributed by atoms with Gasteiger partial charge >= 0.3 is 5.97 Å². The summed E-state index contributed by atoms with van der Waals surface area (Å²) in [4.78, 5) is 29.8. The number of pyridine rings is 1. The van der Waals surface area contributed by atoms with E-state index < -0.39 is 18.0 Å². The van der Waals surface area contributed by atoms with Crippen LogP contribution in [0, 0.1) is 12.7 Å². The molecule has 2 unspecified atom stereocenters. The Bertz CT molecular complexity index is 1110. The maximum absolute atomic E-state index is 13.1. The van der Waals surface area contributed by atoms with E-state index in [0.717, 1.165) is 24.1 Å². The molecule has 1 aromatic carbocycles. The molecule has 0 radical (unpaired) electrons. The van der Waals surface area contributed by atoms with Gasteiger partial charge in [-0.25, -0.2) is 14.2 Å². The normalized spacial score (nSPS) is 15.6. The Kier molecular flexibility index (Phi) is 5.24. The van der Waals surface area contributed by atoms with Gasteiger partial charge in [0.05, 0.1) is 22.7 Å². The van der Waals surface area contributed by atoms with Crippen molar-refractivity contribution in [2.24, 2.45) is 0 Å². The topological polar surface area (TPSA) is 94.3 Å². The maximum atomic E-state index is 13.1. The SMILES string of the molecule is Cc1noc2nc(C3CC3)cc(C(=O)OC(C)C(=O)NC(C)c3ccc(F)cc3)c12. The minimum Gasteiger partial charge on any atom is -0.449 e. The van der Waals surface area contributed by atoms with Crippen molar-refractivity contribution in [3.8, 4) is 0 Å². The van der Waals surface area contributed by atoms with Gasteiger partial charge in [-0.15, -0.1) is 0 Å². The highest BCUT2D eigenvalue weighted by atomic mass is 19.1. The van der Waals surface area contributed by atoms with Crippen molar-refractivity contribution >= 4 is 23.0 Å². The molecule has 7 nitrogen and oxygen atoms in total. The molecule has 2 atom stereocenters. The van der Waals surface area contributed by atoms with Gasteiger partial charge in [0, 0.05) is 11.6 Å². The Morgan fingerprint density at radius 2 is 1.93 bits per heavy atom. The van der Waals surface area contributed by atoms with E-state index in [2.05, 4.69) is 15.5 Å². The molecule has 1 saturated carbocycles. The van der Waals surface area contributed by atoms with Crippen molar-refractivity contribution in [2.45, 2.75) is 51.7 Å². The van der Waals surface area contributed by atoms with Crippen molar-refractivity contribution in [3.63, 3.8) is 0 Å². The van der Waals surface area contributed by atoms with E-state index >= 15 is 0 Å². The standard InChI is InChI=1S/C22H22FN3O4/c1-11(14-6-8-16(23)9-7-14)24-20(27)13(3)29-22(28)17-10-18(15-4-5-15)25-21-19(17)12(2)26-30-21/h6-11,13,15H,4-5H2,1-3H3,(H,24,27). The second-order valence-electron chi connectivity index (χ2n) is 7.65. The van der Waals surface area contributed by atoms with Crippen molar-refractivity contribution in [3.05, 3.63) is 58.7 Å². The van der Waals surface area contributed by atoms with Crippen LogP contribution < -0.4 is 5.32 Å². The van der Waals surface area contributed by atoms with Gasteiger partial charge in [-0.05, 0) is 57.4 Å².